The Morgan fingerprint density at radius 3 is 2.81 bits per heavy atom. The van der Waals surface area contributed by atoms with Crippen molar-refractivity contribution in [2.45, 2.75) is 31.3 Å². The first-order valence-electron chi connectivity index (χ1n) is 8.47. The molecule has 8 heteroatoms. The van der Waals surface area contributed by atoms with Crippen LogP contribution in [0.5, 0.6) is 0 Å². The number of anilines is 2. The third-order valence-corrected chi connectivity index (χ3v) is 5.04. The Kier molecular flexibility index (Phi) is 5.29. The van der Waals surface area contributed by atoms with Crippen LogP contribution in [-0.4, -0.2) is 40.2 Å². The van der Waals surface area contributed by atoms with Crippen molar-refractivity contribution >= 4 is 29.0 Å². The van der Waals surface area contributed by atoms with Gasteiger partial charge in [0.15, 0.2) is 0 Å². The van der Waals surface area contributed by atoms with Crippen molar-refractivity contribution in [3.05, 3.63) is 51.5 Å². The van der Waals surface area contributed by atoms with Crippen LogP contribution in [0.1, 0.15) is 36.0 Å². The van der Waals surface area contributed by atoms with Crippen LogP contribution in [0, 0.1) is 0 Å². The maximum absolute atomic E-state index is 12.5. The Labute approximate surface area is 156 Å². The van der Waals surface area contributed by atoms with E-state index in [2.05, 4.69) is 15.3 Å². The van der Waals surface area contributed by atoms with Gasteiger partial charge in [-0.25, -0.2) is 9.78 Å². The van der Waals surface area contributed by atoms with Gasteiger partial charge >= 0.3 is 5.69 Å². The van der Waals surface area contributed by atoms with Gasteiger partial charge in [0.05, 0.1) is 16.2 Å². The number of halogens is 1. The summed E-state index contributed by atoms with van der Waals surface area (Å²) in [5, 5.41) is 13.5. The number of amides is 1. The van der Waals surface area contributed by atoms with Crippen molar-refractivity contribution in [3.63, 3.8) is 0 Å². The van der Waals surface area contributed by atoms with Crippen molar-refractivity contribution in [2.24, 2.45) is 0 Å². The van der Waals surface area contributed by atoms with Gasteiger partial charge in [0, 0.05) is 25.5 Å². The molecule has 1 aromatic heterocycles. The SMILES string of the molecule is CN(c1ccc(Cl)c(C(=O)NCC2(O)CCCC2)c1)c1ccnc(=O)[nH]1. The fraction of sp³-hybridized carbons (Fsp3) is 0.389. The molecular formula is C18H21ClN4O3. The highest BCUT2D eigenvalue weighted by atomic mass is 35.5. The molecule has 1 aliphatic rings. The van der Waals surface area contributed by atoms with Crippen LogP contribution in [0.3, 0.4) is 0 Å². The molecule has 138 valence electrons. The maximum atomic E-state index is 12.5. The minimum Gasteiger partial charge on any atom is -0.388 e. The van der Waals surface area contributed by atoms with E-state index >= 15 is 0 Å². The normalized spacial score (nSPS) is 15.7. The van der Waals surface area contributed by atoms with Crippen molar-refractivity contribution in [3.8, 4) is 0 Å². The fourth-order valence-electron chi connectivity index (χ4n) is 3.14. The van der Waals surface area contributed by atoms with E-state index in [-0.39, 0.29) is 12.5 Å². The van der Waals surface area contributed by atoms with E-state index in [0.29, 0.717) is 34.9 Å². The van der Waals surface area contributed by atoms with E-state index in [1.165, 1.54) is 6.20 Å². The van der Waals surface area contributed by atoms with Crippen LogP contribution in [0.15, 0.2) is 35.3 Å². The molecule has 7 nitrogen and oxygen atoms in total. The van der Waals surface area contributed by atoms with Crippen LogP contribution in [0.2, 0.25) is 5.02 Å². The lowest BCUT2D eigenvalue weighted by molar-refractivity contribution is 0.0449. The van der Waals surface area contributed by atoms with Gasteiger partial charge in [-0.15, -0.1) is 0 Å². The first-order chi connectivity index (χ1) is 12.4. The molecule has 0 unspecified atom stereocenters. The van der Waals surface area contributed by atoms with Gasteiger partial charge in [-0.3, -0.25) is 9.78 Å². The van der Waals surface area contributed by atoms with E-state index in [0.717, 1.165) is 12.8 Å². The minimum atomic E-state index is -0.826. The van der Waals surface area contributed by atoms with Gasteiger partial charge in [0.1, 0.15) is 5.82 Å². The van der Waals surface area contributed by atoms with Gasteiger partial charge in [-0.2, -0.15) is 0 Å². The molecule has 0 bridgehead atoms. The van der Waals surface area contributed by atoms with Crippen molar-refractivity contribution < 1.29 is 9.90 Å². The van der Waals surface area contributed by atoms with Gasteiger partial charge in [-0.1, -0.05) is 24.4 Å². The zero-order valence-corrected chi connectivity index (χ0v) is 15.2. The number of H-pyrrole nitrogens is 1. The molecule has 1 aliphatic carbocycles. The summed E-state index contributed by atoms with van der Waals surface area (Å²) in [6.45, 7) is 0.208. The predicted molar refractivity (Wildman–Crippen MR) is 100 cm³/mol. The molecule has 2 aromatic rings. The Morgan fingerprint density at radius 2 is 2.12 bits per heavy atom. The number of nitrogens with one attached hydrogen (secondary N) is 2. The van der Waals surface area contributed by atoms with Crippen molar-refractivity contribution in [1.29, 1.82) is 0 Å². The Bertz CT molecular complexity index is 862. The summed E-state index contributed by atoms with van der Waals surface area (Å²) in [5.74, 6) is 0.202. The first kappa shape index (κ1) is 18.4. The number of aromatic nitrogens is 2. The average Bonchev–Trinajstić information content (AvgIpc) is 3.06. The summed E-state index contributed by atoms with van der Waals surface area (Å²) < 4.78 is 0. The van der Waals surface area contributed by atoms with E-state index in [1.807, 2.05) is 0 Å². The van der Waals surface area contributed by atoms with Gasteiger partial charge in [0.25, 0.3) is 5.91 Å². The molecule has 0 saturated heterocycles. The fourth-order valence-corrected chi connectivity index (χ4v) is 3.34. The second-order valence-corrected chi connectivity index (χ2v) is 7.00. The number of carbonyl (C=O) groups is 1. The number of rotatable bonds is 5. The number of carbonyl (C=O) groups excluding carboxylic acids is 1. The number of aromatic amines is 1. The smallest absolute Gasteiger partial charge is 0.346 e. The standard InChI is InChI=1S/C18H21ClN4O3/c1-23(15-6-9-20-17(25)22-15)12-4-5-14(19)13(10-12)16(24)21-11-18(26)7-2-3-8-18/h4-6,9-10,26H,2-3,7-8,11H2,1H3,(H,21,24)(H,20,22,25). The summed E-state index contributed by atoms with van der Waals surface area (Å²) in [7, 11) is 1.76. The maximum Gasteiger partial charge on any atom is 0.346 e. The monoisotopic (exact) mass is 376 g/mol. The van der Waals surface area contributed by atoms with Crippen LogP contribution >= 0.6 is 11.6 Å². The number of hydrogen-bond acceptors (Lipinski definition) is 5. The molecule has 0 spiro atoms. The number of aliphatic hydroxyl groups is 1. The second-order valence-electron chi connectivity index (χ2n) is 6.60. The predicted octanol–water partition coefficient (Wildman–Crippen LogP) is 2.23. The molecule has 1 heterocycles. The number of benzene rings is 1. The molecule has 0 aliphatic heterocycles. The lowest BCUT2D eigenvalue weighted by atomic mass is 10.0. The molecule has 1 fully saturated rings. The molecule has 3 N–H and O–H groups in total. The third kappa shape index (κ3) is 4.05. The van der Waals surface area contributed by atoms with Gasteiger partial charge in [0.2, 0.25) is 0 Å². The van der Waals surface area contributed by atoms with E-state index in [1.54, 1.807) is 36.2 Å². The summed E-state index contributed by atoms with van der Waals surface area (Å²) in [5.41, 5.74) is -0.284. The zero-order valence-electron chi connectivity index (χ0n) is 14.5. The lowest BCUT2D eigenvalue weighted by Gasteiger charge is -2.23. The quantitative estimate of drug-likeness (QED) is 0.743. The third-order valence-electron chi connectivity index (χ3n) is 4.71. The van der Waals surface area contributed by atoms with Crippen LogP contribution in [0.25, 0.3) is 0 Å². The highest BCUT2D eigenvalue weighted by molar-refractivity contribution is 6.34. The molecule has 0 radical (unpaired) electrons. The number of nitrogens with zero attached hydrogens (tertiary/aromatic N) is 2. The second kappa shape index (κ2) is 7.47. The minimum absolute atomic E-state index is 0.208. The molecular weight excluding hydrogens is 356 g/mol. The first-order valence-corrected chi connectivity index (χ1v) is 8.85. The Hall–Kier alpha value is -2.38. The molecule has 1 aromatic carbocycles. The largest absolute Gasteiger partial charge is 0.388 e. The zero-order chi connectivity index (χ0) is 18.7. The van der Waals surface area contributed by atoms with Crippen molar-refractivity contribution in [1.82, 2.24) is 15.3 Å². The Balaban J connectivity index is 1.78. The summed E-state index contributed by atoms with van der Waals surface area (Å²) in [6, 6.07) is 6.69. The Morgan fingerprint density at radius 1 is 1.38 bits per heavy atom. The van der Waals surface area contributed by atoms with Crippen LogP contribution in [0.4, 0.5) is 11.5 Å². The van der Waals surface area contributed by atoms with E-state index in [9.17, 15) is 14.7 Å². The average molecular weight is 377 g/mol. The highest BCUT2D eigenvalue weighted by Gasteiger charge is 2.31. The van der Waals surface area contributed by atoms with Gasteiger partial charge < -0.3 is 15.3 Å². The summed E-state index contributed by atoms with van der Waals surface area (Å²) >= 11 is 6.19. The topological polar surface area (TPSA) is 98.3 Å². The van der Waals surface area contributed by atoms with Crippen molar-refractivity contribution in [2.75, 3.05) is 18.5 Å². The van der Waals surface area contributed by atoms with Gasteiger partial charge in [-0.05, 0) is 37.1 Å². The molecule has 1 amide bonds. The lowest BCUT2D eigenvalue weighted by Crippen LogP contribution is -2.40. The molecule has 3 rings (SSSR count). The number of hydrogen-bond donors (Lipinski definition) is 3. The molecule has 1 saturated carbocycles. The van der Waals surface area contributed by atoms with Crippen LogP contribution < -0.4 is 15.9 Å². The molecule has 0 atom stereocenters. The van der Waals surface area contributed by atoms with Crippen LogP contribution in [-0.2, 0) is 0 Å². The van der Waals surface area contributed by atoms with E-state index in [4.69, 9.17) is 11.6 Å². The van der Waals surface area contributed by atoms with E-state index < -0.39 is 11.3 Å². The summed E-state index contributed by atoms with van der Waals surface area (Å²) in [4.78, 5) is 31.9. The molecule has 26 heavy (non-hydrogen) atoms. The highest BCUT2D eigenvalue weighted by Crippen LogP contribution is 2.29. The summed E-state index contributed by atoms with van der Waals surface area (Å²) in [6.07, 6.45) is 4.74.